The van der Waals surface area contributed by atoms with E-state index in [1.54, 1.807) is 33.9 Å². The molecule has 1 aromatic carbocycles. The molecule has 2 heterocycles. The molecule has 6 nitrogen and oxygen atoms in total. The Bertz CT molecular complexity index is 709. The van der Waals surface area contributed by atoms with Crippen LogP contribution < -0.4 is 14.4 Å². The second kappa shape index (κ2) is 6.46. The number of carbonyl (C=O) groups is 1. The second-order valence-corrected chi connectivity index (χ2v) is 7.44. The van der Waals surface area contributed by atoms with Crippen molar-refractivity contribution in [2.75, 3.05) is 24.8 Å². The van der Waals surface area contributed by atoms with Gasteiger partial charge in [0.15, 0.2) is 0 Å². The summed E-state index contributed by atoms with van der Waals surface area (Å²) in [6.45, 7) is -0.300. The highest BCUT2D eigenvalue weighted by Gasteiger charge is 2.29. The lowest BCUT2D eigenvalue weighted by Crippen LogP contribution is -2.41. The van der Waals surface area contributed by atoms with E-state index >= 15 is 0 Å². The van der Waals surface area contributed by atoms with E-state index in [0.717, 1.165) is 0 Å². The molecule has 0 unspecified atom stereocenters. The molecule has 23 heavy (non-hydrogen) atoms. The third-order valence-electron chi connectivity index (χ3n) is 3.36. The van der Waals surface area contributed by atoms with E-state index in [4.69, 9.17) is 4.74 Å². The lowest BCUT2D eigenvalue weighted by atomic mass is 10.2. The van der Waals surface area contributed by atoms with Crippen LogP contribution in [0.3, 0.4) is 0 Å². The zero-order chi connectivity index (χ0) is 16.4. The number of fused-ring (bicyclic) bond motifs is 1. The summed E-state index contributed by atoms with van der Waals surface area (Å²) in [4.78, 5) is 13.8. The third kappa shape index (κ3) is 3.33. The first-order valence-electron chi connectivity index (χ1n) is 6.73. The van der Waals surface area contributed by atoms with Crippen molar-refractivity contribution in [2.45, 2.75) is 4.90 Å². The first-order valence-corrected chi connectivity index (χ1v) is 9.22. The van der Waals surface area contributed by atoms with Gasteiger partial charge < -0.3 is 9.64 Å². The number of rotatable bonds is 4. The molecule has 0 aliphatic carbocycles. The molecule has 3 N–H and O–H groups in total. The van der Waals surface area contributed by atoms with Gasteiger partial charge in [0.25, 0.3) is 0 Å². The third-order valence-corrected chi connectivity index (χ3v) is 5.51. The molecule has 1 aliphatic rings. The second-order valence-electron chi connectivity index (χ2n) is 4.83. The van der Waals surface area contributed by atoms with Gasteiger partial charge in [-0.15, -0.1) is 10.8 Å². The number of alkyl halides is 1. The Labute approximate surface area is 138 Å². The van der Waals surface area contributed by atoms with Crippen molar-refractivity contribution in [1.29, 1.82) is 0 Å². The Morgan fingerprint density at radius 2 is 2.26 bits per heavy atom. The summed E-state index contributed by atoms with van der Waals surface area (Å²) in [6.07, 6.45) is 0. The number of carbonyl (C=O) groups excluding carboxylic acids is 1. The maximum absolute atomic E-state index is 12.6. The Morgan fingerprint density at radius 1 is 1.43 bits per heavy atom. The number of thiophene rings is 1. The van der Waals surface area contributed by atoms with E-state index in [1.165, 1.54) is 17.4 Å². The summed E-state index contributed by atoms with van der Waals surface area (Å²) in [5.41, 5.74) is 0.938. The van der Waals surface area contributed by atoms with Crippen molar-refractivity contribution in [3.8, 4) is 5.75 Å². The molecular weight excluding hydrogens is 343 g/mol. The van der Waals surface area contributed by atoms with Gasteiger partial charge in [-0.05, 0) is 23.6 Å². The van der Waals surface area contributed by atoms with Crippen LogP contribution in [0, 0.1) is 0 Å². The number of nitrogens with one attached hydrogen (secondary N) is 1. The van der Waals surface area contributed by atoms with Crippen LogP contribution in [0.25, 0.3) is 0 Å². The molecule has 0 radical (unpaired) electrons. The Hall–Kier alpha value is -1.65. The van der Waals surface area contributed by atoms with Gasteiger partial charge in [-0.25, -0.2) is 9.18 Å². The Balaban J connectivity index is 1.89. The summed E-state index contributed by atoms with van der Waals surface area (Å²) < 4.78 is 40.7. The zero-order valence-electron chi connectivity index (χ0n) is 11.9. The van der Waals surface area contributed by atoms with Crippen LogP contribution in [0.4, 0.5) is 10.1 Å². The Morgan fingerprint density at radius 3 is 2.96 bits per heavy atom. The predicted octanol–water partition coefficient (Wildman–Crippen LogP) is 3.33. The highest BCUT2D eigenvalue weighted by Crippen LogP contribution is 2.52. The molecule has 124 valence electrons. The fraction of sp³-hybridized carbons (Fsp3) is 0.214. The van der Waals surface area contributed by atoms with Crippen molar-refractivity contribution in [3.63, 3.8) is 0 Å². The van der Waals surface area contributed by atoms with Gasteiger partial charge in [0.1, 0.15) is 17.3 Å². The molecule has 0 amide bonds. The van der Waals surface area contributed by atoms with Crippen LogP contribution in [-0.2, 0) is 0 Å². The van der Waals surface area contributed by atoms with Crippen molar-refractivity contribution >= 4 is 33.8 Å². The minimum atomic E-state index is -3.21. The number of benzene rings is 1. The van der Waals surface area contributed by atoms with Crippen LogP contribution >= 0.6 is 22.1 Å². The zero-order valence-corrected chi connectivity index (χ0v) is 13.6. The number of halogens is 1. The topological polar surface area (TPSA) is 82.0 Å². The van der Waals surface area contributed by atoms with Gasteiger partial charge in [-0.3, -0.25) is 9.11 Å². The number of hydrogen-bond donors (Lipinski definition) is 3. The van der Waals surface area contributed by atoms with Gasteiger partial charge in [0, 0.05) is 18.0 Å². The van der Waals surface area contributed by atoms with Crippen molar-refractivity contribution in [3.05, 3.63) is 40.6 Å². The molecule has 9 heteroatoms. The quantitative estimate of drug-likeness (QED) is 0.574. The fourth-order valence-corrected chi connectivity index (χ4v) is 4.11. The number of anilines is 1. The van der Waals surface area contributed by atoms with Crippen molar-refractivity contribution < 1.29 is 23.0 Å². The van der Waals surface area contributed by atoms with Crippen LogP contribution in [0.1, 0.15) is 10.4 Å². The number of hydrogen-bond acceptors (Lipinski definition) is 7. The maximum atomic E-state index is 12.6. The van der Waals surface area contributed by atoms with Gasteiger partial charge in [-0.1, -0.05) is 0 Å². The molecule has 3 rings (SSSR count). The standard InChI is InChI=1S/C14H15FN2O4S2/c15-4-5-17-9-16-23(19,20)13-7-11(1-2-12(13)17)21-14(18)10-3-6-22-8-10/h1-3,6-8,16,19-20H,4-5,9H2. The monoisotopic (exact) mass is 358 g/mol. The number of ether oxygens (including phenoxy) is 1. The van der Waals surface area contributed by atoms with Crippen LogP contribution in [0.5, 0.6) is 5.75 Å². The minimum absolute atomic E-state index is 0.129. The van der Waals surface area contributed by atoms with E-state index in [1.807, 2.05) is 0 Å². The van der Waals surface area contributed by atoms with E-state index in [-0.39, 0.29) is 23.9 Å². The molecule has 0 atom stereocenters. The number of nitrogens with zero attached hydrogens (tertiary/aromatic N) is 1. The lowest BCUT2D eigenvalue weighted by Gasteiger charge is -2.43. The van der Waals surface area contributed by atoms with E-state index in [2.05, 4.69) is 4.72 Å². The predicted molar refractivity (Wildman–Crippen MR) is 88.2 cm³/mol. The molecule has 0 bridgehead atoms. The molecule has 1 aliphatic heterocycles. The first kappa shape index (κ1) is 16.2. The maximum Gasteiger partial charge on any atom is 0.344 e. The summed E-state index contributed by atoms with van der Waals surface area (Å²) in [6, 6.07) is 6.18. The van der Waals surface area contributed by atoms with Crippen LogP contribution in [-0.4, -0.2) is 35.0 Å². The molecule has 0 spiro atoms. The summed E-state index contributed by atoms with van der Waals surface area (Å²) in [5.74, 6) is -0.323. The average molecular weight is 358 g/mol. The Kier molecular flexibility index (Phi) is 4.55. The van der Waals surface area contributed by atoms with Gasteiger partial charge >= 0.3 is 5.97 Å². The molecule has 2 aromatic rings. The smallest absolute Gasteiger partial charge is 0.344 e. The highest BCUT2D eigenvalue weighted by atomic mass is 32.3. The van der Waals surface area contributed by atoms with Gasteiger partial charge in [0.2, 0.25) is 0 Å². The van der Waals surface area contributed by atoms with E-state index in [9.17, 15) is 18.3 Å². The SMILES string of the molecule is O=C(Oc1ccc2c(c1)S(O)(O)NCN2CCF)c1ccsc1. The minimum Gasteiger partial charge on any atom is -0.423 e. The summed E-state index contributed by atoms with van der Waals surface area (Å²) in [5, 5.41) is 3.43. The van der Waals surface area contributed by atoms with E-state index in [0.29, 0.717) is 11.3 Å². The van der Waals surface area contributed by atoms with Crippen LogP contribution in [0.15, 0.2) is 39.9 Å². The number of esters is 1. The lowest BCUT2D eigenvalue weighted by molar-refractivity contribution is 0.0735. The fourth-order valence-electron chi connectivity index (χ4n) is 2.23. The van der Waals surface area contributed by atoms with Gasteiger partial charge in [-0.2, -0.15) is 16.1 Å². The van der Waals surface area contributed by atoms with Crippen molar-refractivity contribution in [1.82, 2.24) is 4.72 Å². The highest BCUT2D eigenvalue weighted by molar-refractivity contribution is 8.22. The molecule has 0 fully saturated rings. The molecule has 0 saturated heterocycles. The molecular formula is C14H15FN2O4S2. The van der Waals surface area contributed by atoms with Crippen LogP contribution in [0.2, 0.25) is 0 Å². The first-order chi connectivity index (χ1) is 11.0. The summed E-state index contributed by atoms with van der Waals surface area (Å²) >= 11 is 1.38. The summed E-state index contributed by atoms with van der Waals surface area (Å²) in [7, 11) is -3.21. The normalized spacial score (nSPS) is 17.4. The molecule has 1 aromatic heterocycles. The largest absolute Gasteiger partial charge is 0.423 e. The molecule has 0 saturated carbocycles. The average Bonchev–Trinajstić information content (AvgIpc) is 3.05. The van der Waals surface area contributed by atoms with Crippen molar-refractivity contribution in [2.24, 2.45) is 0 Å². The van der Waals surface area contributed by atoms with Gasteiger partial charge in [0.05, 0.1) is 17.9 Å². The van der Waals surface area contributed by atoms with E-state index < -0.39 is 23.4 Å².